The molecule has 1 heterocycles. The van der Waals surface area contributed by atoms with E-state index < -0.39 is 0 Å². The van der Waals surface area contributed by atoms with Gasteiger partial charge in [0.2, 0.25) is 5.89 Å². The van der Waals surface area contributed by atoms with Gasteiger partial charge in [0.05, 0.1) is 10.6 Å². The molecule has 4 rings (SSSR count). The largest absolute Gasteiger partial charge is 0.436 e. The standard InChI is InChI=1S/C21H14BrClN2O2/c1-12-14(21-25-18-6-2-3-8-19(18)27-21)5-4-7-17(12)24-20(26)15-11-13(22)9-10-16(15)23/h2-11H,1H3,(H,24,26). The molecule has 0 aliphatic rings. The number of nitrogens with one attached hydrogen (secondary N) is 1. The van der Waals surface area contributed by atoms with E-state index in [9.17, 15) is 4.79 Å². The van der Waals surface area contributed by atoms with Gasteiger partial charge in [0.1, 0.15) is 5.52 Å². The number of oxazole rings is 1. The van der Waals surface area contributed by atoms with Crippen molar-refractivity contribution >= 4 is 50.2 Å². The van der Waals surface area contributed by atoms with E-state index >= 15 is 0 Å². The van der Waals surface area contributed by atoms with Crippen molar-refractivity contribution in [3.63, 3.8) is 0 Å². The maximum atomic E-state index is 12.7. The Bertz CT molecular complexity index is 1140. The van der Waals surface area contributed by atoms with Gasteiger partial charge in [0.25, 0.3) is 5.91 Å². The third kappa shape index (κ3) is 3.48. The third-order valence-electron chi connectivity index (χ3n) is 4.28. The molecule has 0 fully saturated rings. The lowest BCUT2D eigenvalue weighted by Gasteiger charge is -2.12. The lowest BCUT2D eigenvalue weighted by Crippen LogP contribution is -2.13. The fraction of sp³-hybridized carbons (Fsp3) is 0.0476. The van der Waals surface area contributed by atoms with Gasteiger partial charge in [-0.15, -0.1) is 0 Å². The number of carbonyl (C=O) groups excluding carboxylic acids is 1. The Balaban J connectivity index is 1.69. The third-order valence-corrected chi connectivity index (χ3v) is 5.10. The lowest BCUT2D eigenvalue weighted by molar-refractivity contribution is 0.102. The molecule has 1 aromatic heterocycles. The molecular formula is C21H14BrClN2O2. The number of anilines is 1. The predicted molar refractivity (Wildman–Crippen MR) is 111 cm³/mol. The van der Waals surface area contributed by atoms with Gasteiger partial charge < -0.3 is 9.73 Å². The maximum Gasteiger partial charge on any atom is 0.257 e. The number of carbonyl (C=O) groups is 1. The van der Waals surface area contributed by atoms with Crippen LogP contribution in [0.3, 0.4) is 0 Å². The lowest BCUT2D eigenvalue weighted by atomic mass is 10.1. The molecule has 6 heteroatoms. The van der Waals surface area contributed by atoms with Crippen molar-refractivity contribution in [2.24, 2.45) is 0 Å². The van der Waals surface area contributed by atoms with Crippen LogP contribution >= 0.6 is 27.5 Å². The van der Waals surface area contributed by atoms with E-state index in [0.29, 0.717) is 22.2 Å². The number of rotatable bonds is 3. The Kier molecular flexibility index (Phi) is 4.72. The quantitative estimate of drug-likeness (QED) is 0.396. The van der Waals surface area contributed by atoms with Crippen LogP contribution in [0.4, 0.5) is 5.69 Å². The smallest absolute Gasteiger partial charge is 0.257 e. The Morgan fingerprint density at radius 2 is 1.93 bits per heavy atom. The van der Waals surface area contributed by atoms with Crippen LogP contribution in [0.15, 0.2) is 69.6 Å². The van der Waals surface area contributed by atoms with Gasteiger partial charge in [-0.2, -0.15) is 0 Å². The van der Waals surface area contributed by atoms with Gasteiger partial charge in [-0.05, 0) is 55.0 Å². The van der Waals surface area contributed by atoms with Crippen LogP contribution in [0.2, 0.25) is 5.02 Å². The molecule has 0 radical (unpaired) electrons. The highest BCUT2D eigenvalue weighted by molar-refractivity contribution is 9.10. The first-order valence-corrected chi connectivity index (χ1v) is 9.42. The molecule has 1 N–H and O–H groups in total. The first-order chi connectivity index (χ1) is 13.0. The van der Waals surface area contributed by atoms with Crippen LogP contribution in [0, 0.1) is 6.92 Å². The SMILES string of the molecule is Cc1c(NC(=O)c2cc(Br)ccc2Cl)cccc1-c1nc2ccccc2o1. The summed E-state index contributed by atoms with van der Waals surface area (Å²) in [5, 5.41) is 3.32. The number of hydrogen-bond donors (Lipinski definition) is 1. The molecule has 3 aromatic carbocycles. The van der Waals surface area contributed by atoms with Gasteiger partial charge in [0, 0.05) is 15.7 Å². The monoisotopic (exact) mass is 440 g/mol. The molecule has 0 aliphatic heterocycles. The maximum absolute atomic E-state index is 12.7. The second-order valence-corrected chi connectivity index (χ2v) is 7.37. The molecular weight excluding hydrogens is 428 g/mol. The van der Waals surface area contributed by atoms with Crippen molar-refractivity contribution in [3.05, 3.63) is 81.3 Å². The molecule has 0 aliphatic carbocycles. The number of aromatic nitrogens is 1. The van der Waals surface area contributed by atoms with Gasteiger partial charge in [-0.25, -0.2) is 4.98 Å². The predicted octanol–water partition coefficient (Wildman–Crippen LogP) is 6.47. The summed E-state index contributed by atoms with van der Waals surface area (Å²) in [5.74, 6) is 0.240. The fourth-order valence-corrected chi connectivity index (χ4v) is 3.42. The molecule has 0 spiro atoms. The van der Waals surface area contributed by atoms with E-state index in [1.165, 1.54) is 0 Å². The van der Waals surface area contributed by atoms with Crippen molar-refractivity contribution in [1.82, 2.24) is 4.98 Å². The number of hydrogen-bond acceptors (Lipinski definition) is 3. The summed E-state index contributed by atoms with van der Waals surface area (Å²) in [6.45, 7) is 1.92. The molecule has 4 nitrogen and oxygen atoms in total. The summed E-state index contributed by atoms with van der Waals surface area (Å²) in [6.07, 6.45) is 0. The van der Waals surface area contributed by atoms with Crippen molar-refractivity contribution in [2.75, 3.05) is 5.32 Å². The van der Waals surface area contributed by atoms with Crippen molar-refractivity contribution in [1.29, 1.82) is 0 Å². The number of benzene rings is 3. The van der Waals surface area contributed by atoms with Gasteiger partial charge in [-0.1, -0.05) is 45.7 Å². The van der Waals surface area contributed by atoms with Gasteiger partial charge in [0.15, 0.2) is 5.58 Å². The Hall–Kier alpha value is -2.63. The molecule has 0 unspecified atom stereocenters. The average molecular weight is 442 g/mol. The number of nitrogens with zero attached hydrogens (tertiary/aromatic N) is 1. The van der Waals surface area contributed by atoms with Crippen LogP contribution < -0.4 is 5.32 Å². The summed E-state index contributed by atoms with van der Waals surface area (Å²) in [4.78, 5) is 17.2. The summed E-state index contributed by atoms with van der Waals surface area (Å²) in [7, 11) is 0. The van der Waals surface area contributed by atoms with E-state index in [2.05, 4.69) is 26.2 Å². The van der Waals surface area contributed by atoms with E-state index in [0.717, 1.165) is 26.7 Å². The molecule has 0 atom stereocenters. The van der Waals surface area contributed by atoms with Gasteiger partial charge in [-0.3, -0.25) is 4.79 Å². The molecule has 0 saturated heterocycles. The molecule has 0 bridgehead atoms. The van der Waals surface area contributed by atoms with Crippen LogP contribution in [-0.2, 0) is 0 Å². The molecule has 4 aromatic rings. The van der Waals surface area contributed by atoms with Crippen LogP contribution in [0.25, 0.3) is 22.6 Å². The first-order valence-electron chi connectivity index (χ1n) is 8.25. The van der Waals surface area contributed by atoms with E-state index in [1.807, 2.05) is 49.4 Å². The highest BCUT2D eigenvalue weighted by Crippen LogP contribution is 2.31. The number of amides is 1. The molecule has 0 saturated carbocycles. The minimum absolute atomic E-state index is 0.279. The van der Waals surface area contributed by atoms with Crippen molar-refractivity contribution in [2.45, 2.75) is 6.92 Å². The number of para-hydroxylation sites is 2. The van der Waals surface area contributed by atoms with Crippen molar-refractivity contribution < 1.29 is 9.21 Å². The zero-order chi connectivity index (χ0) is 19.0. The zero-order valence-electron chi connectivity index (χ0n) is 14.3. The summed E-state index contributed by atoms with van der Waals surface area (Å²) < 4.78 is 6.65. The highest BCUT2D eigenvalue weighted by Gasteiger charge is 2.16. The normalized spacial score (nSPS) is 10.9. The minimum Gasteiger partial charge on any atom is -0.436 e. The summed E-state index contributed by atoms with van der Waals surface area (Å²) in [5.41, 5.74) is 4.28. The van der Waals surface area contributed by atoms with E-state index in [1.54, 1.807) is 18.2 Å². The summed E-state index contributed by atoms with van der Waals surface area (Å²) >= 11 is 9.53. The highest BCUT2D eigenvalue weighted by atomic mass is 79.9. The summed E-state index contributed by atoms with van der Waals surface area (Å²) in [6, 6.07) is 18.4. The number of halogens is 2. The number of fused-ring (bicyclic) bond motifs is 1. The minimum atomic E-state index is -0.279. The van der Waals surface area contributed by atoms with E-state index in [4.69, 9.17) is 16.0 Å². The van der Waals surface area contributed by atoms with E-state index in [-0.39, 0.29) is 5.91 Å². The molecule has 27 heavy (non-hydrogen) atoms. The zero-order valence-corrected chi connectivity index (χ0v) is 16.6. The second kappa shape index (κ2) is 7.18. The average Bonchev–Trinajstić information content (AvgIpc) is 3.09. The Labute approximate surface area is 169 Å². The molecule has 134 valence electrons. The topological polar surface area (TPSA) is 55.1 Å². The van der Waals surface area contributed by atoms with Gasteiger partial charge >= 0.3 is 0 Å². The first kappa shape index (κ1) is 17.8. The van der Waals surface area contributed by atoms with Crippen molar-refractivity contribution in [3.8, 4) is 11.5 Å². The van der Waals surface area contributed by atoms with Crippen LogP contribution in [0.5, 0.6) is 0 Å². The molecule has 1 amide bonds. The fourth-order valence-electron chi connectivity index (χ4n) is 2.85. The second-order valence-electron chi connectivity index (χ2n) is 6.04. The van der Waals surface area contributed by atoms with Crippen LogP contribution in [0.1, 0.15) is 15.9 Å². The Morgan fingerprint density at radius 3 is 2.74 bits per heavy atom. The Morgan fingerprint density at radius 1 is 1.11 bits per heavy atom. The van der Waals surface area contributed by atoms with Crippen LogP contribution in [-0.4, -0.2) is 10.9 Å².